The Hall–Kier alpha value is -1.59. The molecule has 2 rings (SSSR count). The lowest BCUT2D eigenvalue weighted by Gasteiger charge is -2.35. The van der Waals surface area contributed by atoms with Gasteiger partial charge >= 0.3 is 5.97 Å². The standard InChI is InChI=1S/C12H12ClNO4/c1-7-4-8(13)2-3-9(7)14-10(15)12(11(16)17)5-18-6-12/h2-4H,5-6H2,1H3,(H,14,15)(H,16,17). The van der Waals surface area contributed by atoms with E-state index >= 15 is 0 Å². The fraction of sp³-hybridized carbons (Fsp3) is 0.333. The molecule has 0 spiro atoms. The molecule has 0 saturated carbocycles. The van der Waals surface area contributed by atoms with Gasteiger partial charge in [-0.15, -0.1) is 0 Å². The largest absolute Gasteiger partial charge is 0.480 e. The second kappa shape index (κ2) is 4.59. The highest BCUT2D eigenvalue weighted by molar-refractivity contribution is 6.30. The summed E-state index contributed by atoms with van der Waals surface area (Å²) in [5.41, 5.74) is -0.139. The molecule has 0 atom stereocenters. The maximum Gasteiger partial charge on any atom is 0.324 e. The van der Waals surface area contributed by atoms with Gasteiger partial charge in [-0.1, -0.05) is 11.6 Å². The Bertz CT molecular complexity index is 511. The third-order valence-electron chi connectivity index (χ3n) is 2.98. The van der Waals surface area contributed by atoms with Gasteiger partial charge in [0.2, 0.25) is 5.91 Å². The molecule has 0 radical (unpaired) electrons. The zero-order valence-corrected chi connectivity index (χ0v) is 10.5. The molecule has 1 amide bonds. The van der Waals surface area contributed by atoms with E-state index in [9.17, 15) is 9.59 Å². The summed E-state index contributed by atoms with van der Waals surface area (Å²) < 4.78 is 4.84. The number of carboxylic acid groups (broad SMARTS) is 1. The Morgan fingerprint density at radius 1 is 1.44 bits per heavy atom. The summed E-state index contributed by atoms with van der Waals surface area (Å²) >= 11 is 5.81. The minimum Gasteiger partial charge on any atom is -0.480 e. The molecule has 0 unspecified atom stereocenters. The number of nitrogens with one attached hydrogen (secondary N) is 1. The molecule has 1 aromatic carbocycles. The maximum absolute atomic E-state index is 12.0. The van der Waals surface area contributed by atoms with Gasteiger partial charge in [-0.2, -0.15) is 0 Å². The van der Waals surface area contributed by atoms with Crippen LogP contribution in [0.1, 0.15) is 5.56 Å². The van der Waals surface area contributed by atoms with E-state index in [0.29, 0.717) is 10.7 Å². The zero-order chi connectivity index (χ0) is 13.3. The minimum atomic E-state index is -1.47. The minimum absolute atomic E-state index is 0.0964. The molecule has 1 aromatic rings. The van der Waals surface area contributed by atoms with Crippen molar-refractivity contribution in [3.8, 4) is 0 Å². The number of carbonyl (C=O) groups is 2. The van der Waals surface area contributed by atoms with Gasteiger partial charge in [0.25, 0.3) is 0 Å². The number of aliphatic carboxylic acids is 1. The molecule has 0 aliphatic carbocycles. The van der Waals surface area contributed by atoms with Gasteiger partial charge in [0.05, 0.1) is 13.2 Å². The van der Waals surface area contributed by atoms with Gasteiger partial charge in [-0.25, -0.2) is 0 Å². The zero-order valence-electron chi connectivity index (χ0n) is 9.70. The van der Waals surface area contributed by atoms with Crippen molar-refractivity contribution in [2.45, 2.75) is 6.92 Å². The van der Waals surface area contributed by atoms with E-state index in [1.807, 2.05) is 0 Å². The van der Waals surface area contributed by atoms with E-state index in [-0.39, 0.29) is 13.2 Å². The predicted molar refractivity (Wildman–Crippen MR) is 65.7 cm³/mol. The summed E-state index contributed by atoms with van der Waals surface area (Å²) in [4.78, 5) is 23.1. The second-order valence-corrected chi connectivity index (χ2v) is 4.73. The molecule has 1 aliphatic rings. The molecule has 0 bridgehead atoms. The third kappa shape index (κ3) is 2.07. The van der Waals surface area contributed by atoms with E-state index in [1.165, 1.54) is 0 Å². The highest BCUT2D eigenvalue weighted by atomic mass is 35.5. The first kappa shape index (κ1) is 12.9. The molecule has 1 saturated heterocycles. The number of ether oxygens (including phenoxy) is 1. The van der Waals surface area contributed by atoms with E-state index in [0.717, 1.165) is 5.56 Å². The van der Waals surface area contributed by atoms with E-state index < -0.39 is 17.3 Å². The molecule has 5 nitrogen and oxygen atoms in total. The number of benzene rings is 1. The first-order valence-corrected chi connectivity index (χ1v) is 5.72. The summed E-state index contributed by atoms with van der Waals surface area (Å²) in [6.07, 6.45) is 0. The lowest BCUT2D eigenvalue weighted by molar-refractivity contribution is -0.182. The van der Waals surface area contributed by atoms with Crippen molar-refractivity contribution in [2.75, 3.05) is 18.5 Å². The summed E-state index contributed by atoms with van der Waals surface area (Å²) in [5.74, 6) is -1.73. The molecule has 96 valence electrons. The van der Waals surface area contributed by atoms with Crippen molar-refractivity contribution < 1.29 is 19.4 Å². The van der Waals surface area contributed by atoms with Crippen LogP contribution in [0, 0.1) is 12.3 Å². The Morgan fingerprint density at radius 2 is 2.11 bits per heavy atom. The maximum atomic E-state index is 12.0. The van der Waals surface area contributed by atoms with Crippen molar-refractivity contribution >= 4 is 29.2 Å². The van der Waals surface area contributed by atoms with Gasteiger partial charge < -0.3 is 15.2 Å². The van der Waals surface area contributed by atoms with Crippen LogP contribution in [0.2, 0.25) is 5.02 Å². The number of carbonyl (C=O) groups excluding carboxylic acids is 1. The molecule has 2 N–H and O–H groups in total. The van der Waals surface area contributed by atoms with Gasteiger partial charge in [0.1, 0.15) is 0 Å². The Morgan fingerprint density at radius 3 is 2.56 bits per heavy atom. The normalized spacial score (nSPS) is 16.8. The molecule has 1 heterocycles. The molecule has 18 heavy (non-hydrogen) atoms. The molecule has 1 aliphatic heterocycles. The smallest absolute Gasteiger partial charge is 0.324 e. The van der Waals surface area contributed by atoms with Crippen LogP contribution >= 0.6 is 11.6 Å². The lowest BCUT2D eigenvalue weighted by Crippen LogP contribution is -2.57. The quantitative estimate of drug-likeness (QED) is 0.819. The average Bonchev–Trinajstić information content (AvgIpc) is 2.19. The summed E-state index contributed by atoms with van der Waals surface area (Å²) in [6.45, 7) is 1.59. The third-order valence-corrected chi connectivity index (χ3v) is 3.21. The summed E-state index contributed by atoms with van der Waals surface area (Å²) in [5, 5.41) is 12.2. The van der Waals surface area contributed by atoms with Gasteiger partial charge in [0, 0.05) is 10.7 Å². The summed E-state index contributed by atoms with van der Waals surface area (Å²) in [6, 6.07) is 4.97. The molecular weight excluding hydrogens is 258 g/mol. The van der Waals surface area contributed by atoms with Crippen molar-refractivity contribution in [1.29, 1.82) is 0 Å². The van der Waals surface area contributed by atoms with Crippen LogP contribution < -0.4 is 5.32 Å². The number of anilines is 1. The van der Waals surface area contributed by atoms with Crippen molar-refractivity contribution in [2.24, 2.45) is 5.41 Å². The number of halogens is 1. The summed E-state index contributed by atoms with van der Waals surface area (Å²) in [7, 11) is 0. The Kier molecular flexibility index (Phi) is 3.28. The van der Waals surface area contributed by atoms with Crippen molar-refractivity contribution in [3.05, 3.63) is 28.8 Å². The Labute approximate surface area is 109 Å². The van der Waals surface area contributed by atoms with Crippen LogP contribution in [0.25, 0.3) is 0 Å². The number of amides is 1. The topological polar surface area (TPSA) is 75.6 Å². The van der Waals surface area contributed by atoms with Gasteiger partial charge in [-0.05, 0) is 30.7 Å². The predicted octanol–water partition coefficient (Wildman–Crippen LogP) is 1.69. The highest BCUT2D eigenvalue weighted by Gasteiger charge is 2.53. The van der Waals surface area contributed by atoms with E-state index in [1.54, 1.807) is 25.1 Å². The fourth-order valence-corrected chi connectivity index (χ4v) is 1.89. The number of hydrogen-bond acceptors (Lipinski definition) is 3. The van der Waals surface area contributed by atoms with Crippen LogP contribution in [0.3, 0.4) is 0 Å². The first-order chi connectivity index (χ1) is 8.45. The lowest BCUT2D eigenvalue weighted by atomic mass is 9.85. The van der Waals surface area contributed by atoms with Crippen LogP contribution in [-0.2, 0) is 14.3 Å². The second-order valence-electron chi connectivity index (χ2n) is 4.29. The average molecular weight is 270 g/mol. The monoisotopic (exact) mass is 269 g/mol. The van der Waals surface area contributed by atoms with Crippen LogP contribution in [0.5, 0.6) is 0 Å². The first-order valence-electron chi connectivity index (χ1n) is 5.34. The molecule has 1 fully saturated rings. The number of hydrogen-bond donors (Lipinski definition) is 2. The van der Waals surface area contributed by atoms with Gasteiger partial charge in [0.15, 0.2) is 5.41 Å². The van der Waals surface area contributed by atoms with E-state index in [4.69, 9.17) is 21.4 Å². The SMILES string of the molecule is Cc1cc(Cl)ccc1NC(=O)C1(C(=O)O)COC1. The van der Waals surface area contributed by atoms with Crippen LogP contribution in [-0.4, -0.2) is 30.2 Å². The Balaban J connectivity index is 2.19. The van der Waals surface area contributed by atoms with E-state index in [2.05, 4.69) is 5.32 Å². The van der Waals surface area contributed by atoms with Gasteiger partial charge in [-0.3, -0.25) is 9.59 Å². The number of rotatable bonds is 3. The van der Waals surface area contributed by atoms with Crippen LogP contribution in [0.15, 0.2) is 18.2 Å². The number of aryl methyl sites for hydroxylation is 1. The van der Waals surface area contributed by atoms with Crippen molar-refractivity contribution in [3.63, 3.8) is 0 Å². The number of carboxylic acids is 1. The highest BCUT2D eigenvalue weighted by Crippen LogP contribution is 2.30. The van der Waals surface area contributed by atoms with Crippen molar-refractivity contribution in [1.82, 2.24) is 0 Å². The fourth-order valence-electron chi connectivity index (χ4n) is 1.67. The molecule has 6 heteroatoms. The molecule has 0 aromatic heterocycles. The van der Waals surface area contributed by atoms with Crippen LogP contribution in [0.4, 0.5) is 5.69 Å². The molecular formula is C12H12ClNO4.